The predicted molar refractivity (Wildman–Crippen MR) is 74.9 cm³/mol. The molecule has 2 nitrogen and oxygen atoms in total. The van der Waals surface area contributed by atoms with Crippen LogP contribution in [-0.2, 0) is 6.42 Å². The highest BCUT2D eigenvalue weighted by Crippen LogP contribution is 2.28. The molecular formula is C13H15ClN2S. The summed E-state index contributed by atoms with van der Waals surface area (Å²) >= 11 is 7.64. The predicted octanol–water partition coefficient (Wildman–Crippen LogP) is 3.53. The molecule has 17 heavy (non-hydrogen) atoms. The van der Waals surface area contributed by atoms with Crippen molar-refractivity contribution in [2.75, 3.05) is 13.6 Å². The summed E-state index contributed by atoms with van der Waals surface area (Å²) in [5.74, 6) is 0. The van der Waals surface area contributed by atoms with E-state index in [-0.39, 0.29) is 0 Å². The summed E-state index contributed by atoms with van der Waals surface area (Å²) in [6.07, 6.45) is 1.04. The highest BCUT2D eigenvalue weighted by molar-refractivity contribution is 7.15. The van der Waals surface area contributed by atoms with Gasteiger partial charge in [-0.15, -0.1) is 11.3 Å². The Balaban J connectivity index is 2.24. The van der Waals surface area contributed by atoms with Crippen LogP contribution in [0.4, 0.5) is 0 Å². The number of benzene rings is 1. The third kappa shape index (κ3) is 3.06. The van der Waals surface area contributed by atoms with Gasteiger partial charge in [-0.25, -0.2) is 4.98 Å². The lowest BCUT2D eigenvalue weighted by atomic mass is 10.2. The molecule has 2 rings (SSSR count). The SMILES string of the molecule is CNCCc1sc(-c2ccc(Cl)cc2)nc1C. The van der Waals surface area contributed by atoms with Crippen molar-refractivity contribution < 1.29 is 0 Å². The van der Waals surface area contributed by atoms with Crippen molar-refractivity contribution in [1.82, 2.24) is 10.3 Å². The number of halogens is 1. The lowest BCUT2D eigenvalue weighted by Crippen LogP contribution is -2.09. The van der Waals surface area contributed by atoms with Crippen molar-refractivity contribution in [1.29, 1.82) is 0 Å². The Bertz CT molecular complexity index is 491. The van der Waals surface area contributed by atoms with Gasteiger partial charge < -0.3 is 5.32 Å². The maximum Gasteiger partial charge on any atom is 0.123 e. The van der Waals surface area contributed by atoms with Gasteiger partial charge in [0.05, 0.1) is 5.69 Å². The molecule has 0 radical (unpaired) electrons. The van der Waals surface area contributed by atoms with E-state index >= 15 is 0 Å². The van der Waals surface area contributed by atoms with Crippen LogP contribution < -0.4 is 5.32 Å². The fourth-order valence-corrected chi connectivity index (χ4v) is 2.81. The number of likely N-dealkylation sites (N-methyl/N-ethyl adjacent to an activating group) is 1. The van der Waals surface area contributed by atoms with Crippen LogP contribution in [0.3, 0.4) is 0 Å². The summed E-state index contributed by atoms with van der Waals surface area (Å²) in [6.45, 7) is 3.06. The maximum atomic E-state index is 5.88. The van der Waals surface area contributed by atoms with Crippen molar-refractivity contribution in [3.05, 3.63) is 39.9 Å². The van der Waals surface area contributed by atoms with Crippen molar-refractivity contribution in [2.45, 2.75) is 13.3 Å². The lowest BCUT2D eigenvalue weighted by Gasteiger charge is -1.96. The Hall–Kier alpha value is -0.900. The minimum Gasteiger partial charge on any atom is -0.319 e. The first-order valence-electron chi connectivity index (χ1n) is 5.57. The van der Waals surface area contributed by atoms with Crippen LogP contribution in [-0.4, -0.2) is 18.6 Å². The first-order valence-corrected chi connectivity index (χ1v) is 6.77. The molecule has 0 amide bonds. The molecule has 0 bridgehead atoms. The summed E-state index contributed by atoms with van der Waals surface area (Å²) in [6, 6.07) is 7.84. The van der Waals surface area contributed by atoms with Crippen molar-refractivity contribution in [3.8, 4) is 10.6 Å². The minimum absolute atomic E-state index is 0.762. The maximum absolute atomic E-state index is 5.88. The van der Waals surface area contributed by atoms with Gasteiger partial charge in [-0.3, -0.25) is 0 Å². The van der Waals surface area contributed by atoms with E-state index in [0.717, 1.165) is 34.3 Å². The third-order valence-electron chi connectivity index (χ3n) is 2.59. The molecule has 2 aromatic rings. The fourth-order valence-electron chi connectivity index (χ4n) is 1.61. The molecule has 4 heteroatoms. The number of thiazole rings is 1. The Kier molecular flexibility index (Phi) is 4.15. The zero-order valence-electron chi connectivity index (χ0n) is 9.96. The van der Waals surface area contributed by atoms with Gasteiger partial charge in [-0.05, 0) is 39.1 Å². The molecule has 0 saturated carbocycles. The quantitative estimate of drug-likeness (QED) is 0.916. The van der Waals surface area contributed by atoms with Crippen LogP contribution >= 0.6 is 22.9 Å². The molecule has 90 valence electrons. The van der Waals surface area contributed by atoms with Crippen LogP contribution in [0.5, 0.6) is 0 Å². The number of hydrogen-bond donors (Lipinski definition) is 1. The molecule has 0 aliphatic rings. The van der Waals surface area contributed by atoms with E-state index in [1.54, 1.807) is 11.3 Å². The second-order valence-electron chi connectivity index (χ2n) is 3.89. The van der Waals surface area contributed by atoms with Gasteiger partial charge in [-0.2, -0.15) is 0 Å². The van der Waals surface area contributed by atoms with E-state index in [9.17, 15) is 0 Å². The van der Waals surface area contributed by atoms with Gasteiger partial charge in [0.15, 0.2) is 0 Å². The van der Waals surface area contributed by atoms with Crippen LogP contribution in [0.2, 0.25) is 5.02 Å². The third-order valence-corrected chi connectivity index (χ3v) is 4.10. The van der Waals surface area contributed by atoms with Gasteiger partial charge in [0.25, 0.3) is 0 Å². The Labute approximate surface area is 111 Å². The molecular weight excluding hydrogens is 252 g/mol. The van der Waals surface area contributed by atoms with Gasteiger partial charge in [0.2, 0.25) is 0 Å². The summed E-state index contributed by atoms with van der Waals surface area (Å²) < 4.78 is 0. The number of rotatable bonds is 4. The van der Waals surface area contributed by atoms with Gasteiger partial charge in [-0.1, -0.05) is 23.7 Å². The lowest BCUT2D eigenvalue weighted by molar-refractivity contribution is 0.795. The van der Waals surface area contributed by atoms with Crippen LogP contribution in [0.15, 0.2) is 24.3 Å². The first-order chi connectivity index (χ1) is 8.20. The van der Waals surface area contributed by atoms with Gasteiger partial charge in [0, 0.05) is 15.5 Å². The molecule has 0 saturated heterocycles. The van der Waals surface area contributed by atoms with Crippen LogP contribution in [0.25, 0.3) is 10.6 Å². The minimum atomic E-state index is 0.762. The van der Waals surface area contributed by atoms with E-state index in [4.69, 9.17) is 11.6 Å². The van der Waals surface area contributed by atoms with E-state index in [1.807, 2.05) is 31.3 Å². The molecule has 0 fully saturated rings. The topological polar surface area (TPSA) is 24.9 Å². The fraction of sp³-hybridized carbons (Fsp3) is 0.308. The Morgan fingerprint density at radius 1 is 1.29 bits per heavy atom. The normalized spacial score (nSPS) is 10.8. The number of aryl methyl sites for hydroxylation is 1. The van der Waals surface area contributed by atoms with Crippen molar-refractivity contribution in [2.24, 2.45) is 0 Å². The number of hydrogen-bond acceptors (Lipinski definition) is 3. The molecule has 1 aromatic carbocycles. The van der Waals surface area contributed by atoms with Gasteiger partial charge in [0.1, 0.15) is 5.01 Å². The second-order valence-corrected chi connectivity index (χ2v) is 5.41. The number of nitrogens with zero attached hydrogens (tertiary/aromatic N) is 1. The Morgan fingerprint density at radius 2 is 2.00 bits per heavy atom. The van der Waals surface area contributed by atoms with Crippen LogP contribution in [0, 0.1) is 6.92 Å². The standard InChI is InChI=1S/C13H15ClN2S/c1-9-12(7-8-15-2)17-13(16-9)10-3-5-11(14)6-4-10/h3-6,15H,7-8H2,1-2H3. The molecule has 1 heterocycles. The molecule has 0 spiro atoms. The first kappa shape index (κ1) is 12.6. The van der Waals surface area contributed by atoms with Crippen molar-refractivity contribution in [3.63, 3.8) is 0 Å². The number of aromatic nitrogens is 1. The van der Waals surface area contributed by atoms with Crippen molar-refractivity contribution >= 4 is 22.9 Å². The summed E-state index contributed by atoms with van der Waals surface area (Å²) in [5, 5.41) is 5.00. The second kappa shape index (κ2) is 5.63. The highest BCUT2D eigenvalue weighted by Gasteiger charge is 2.08. The van der Waals surface area contributed by atoms with Crippen LogP contribution in [0.1, 0.15) is 10.6 Å². The van der Waals surface area contributed by atoms with E-state index in [0.29, 0.717) is 0 Å². The molecule has 1 N–H and O–H groups in total. The molecule has 1 aromatic heterocycles. The molecule has 0 aliphatic heterocycles. The average Bonchev–Trinajstić information content (AvgIpc) is 2.69. The molecule has 0 unspecified atom stereocenters. The number of nitrogens with one attached hydrogen (secondary N) is 1. The summed E-state index contributed by atoms with van der Waals surface area (Å²) in [7, 11) is 1.97. The van der Waals surface area contributed by atoms with E-state index < -0.39 is 0 Å². The zero-order chi connectivity index (χ0) is 12.3. The zero-order valence-corrected chi connectivity index (χ0v) is 11.5. The molecule has 0 atom stereocenters. The Morgan fingerprint density at radius 3 is 2.65 bits per heavy atom. The van der Waals surface area contributed by atoms with E-state index in [2.05, 4.69) is 17.2 Å². The highest BCUT2D eigenvalue weighted by atomic mass is 35.5. The summed E-state index contributed by atoms with van der Waals surface area (Å²) in [4.78, 5) is 5.96. The summed E-state index contributed by atoms with van der Waals surface area (Å²) in [5.41, 5.74) is 2.27. The smallest absolute Gasteiger partial charge is 0.123 e. The largest absolute Gasteiger partial charge is 0.319 e. The average molecular weight is 267 g/mol. The van der Waals surface area contributed by atoms with Gasteiger partial charge >= 0.3 is 0 Å². The molecule has 0 aliphatic carbocycles. The monoisotopic (exact) mass is 266 g/mol. The van der Waals surface area contributed by atoms with E-state index in [1.165, 1.54) is 4.88 Å².